The van der Waals surface area contributed by atoms with Gasteiger partial charge in [-0.3, -0.25) is 9.52 Å². The van der Waals surface area contributed by atoms with Crippen LogP contribution >= 0.6 is 0 Å². The number of aromatic nitrogens is 2. The molecule has 2 atom stereocenters. The lowest BCUT2D eigenvalue weighted by Crippen LogP contribution is -2.55. The molecule has 3 heterocycles. The Kier molecular flexibility index (Phi) is 7.05. The van der Waals surface area contributed by atoms with E-state index in [-0.39, 0.29) is 19.2 Å². The van der Waals surface area contributed by atoms with Gasteiger partial charge in [-0.25, -0.2) is 14.4 Å². The van der Waals surface area contributed by atoms with Crippen molar-refractivity contribution in [3.63, 3.8) is 0 Å². The molecule has 1 saturated heterocycles. The Balaban J connectivity index is 1.60. The number of ether oxygens (including phenoxy) is 1. The quantitative estimate of drug-likeness (QED) is 0.491. The Morgan fingerprint density at radius 1 is 1.16 bits per heavy atom. The molecule has 37 heavy (non-hydrogen) atoms. The number of alkyl carbamates (subject to hydrolysis) is 1. The number of urea groups is 1. The van der Waals surface area contributed by atoms with Gasteiger partial charge in [0.05, 0.1) is 36.6 Å². The number of nitrogens with zero attached hydrogens (tertiary/aromatic N) is 4. The summed E-state index contributed by atoms with van der Waals surface area (Å²) < 4.78 is 7.00. The van der Waals surface area contributed by atoms with Crippen molar-refractivity contribution in [1.82, 2.24) is 30.4 Å². The van der Waals surface area contributed by atoms with Crippen LogP contribution in [0.4, 0.5) is 14.4 Å². The first-order valence-corrected chi connectivity index (χ1v) is 12.2. The minimum Gasteiger partial charge on any atom is -0.465 e. The third-order valence-corrected chi connectivity index (χ3v) is 6.24. The lowest BCUT2D eigenvalue weighted by molar-refractivity contribution is -0.141. The van der Waals surface area contributed by atoms with Crippen molar-refractivity contribution in [1.29, 1.82) is 0 Å². The van der Waals surface area contributed by atoms with Gasteiger partial charge in [0, 0.05) is 12.1 Å². The van der Waals surface area contributed by atoms with Crippen molar-refractivity contribution in [2.24, 2.45) is 0 Å². The summed E-state index contributed by atoms with van der Waals surface area (Å²) >= 11 is 0. The minimum absolute atomic E-state index is 0.210. The first kappa shape index (κ1) is 26.3. The molecule has 0 saturated carbocycles. The number of nitrogens with one attached hydrogen (secondary N) is 2. The average Bonchev–Trinajstić information content (AvgIpc) is 3.31. The van der Waals surface area contributed by atoms with Crippen molar-refractivity contribution < 1.29 is 29.1 Å². The summed E-state index contributed by atoms with van der Waals surface area (Å²) in [6, 6.07) is 8.12. The fourth-order valence-electron chi connectivity index (χ4n) is 4.85. The topological polar surface area (TPSA) is 138 Å². The molecule has 2 aliphatic heterocycles. The monoisotopic (exact) mass is 514 g/mol. The molecule has 12 heteroatoms. The van der Waals surface area contributed by atoms with Gasteiger partial charge in [0.2, 0.25) is 0 Å². The highest BCUT2D eigenvalue weighted by Crippen LogP contribution is 2.47. The van der Waals surface area contributed by atoms with Crippen LogP contribution in [0.5, 0.6) is 0 Å². The predicted molar refractivity (Wildman–Crippen MR) is 132 cm³/mol. The van der Waals surface area contributed by atoms with Crippen molar-refractivity contribution in [2.75, 3.05) is 13.1 Å². The zero-order valence-corrected chi connectivity index (χ0v) is 21.7. The molecular weight excluding hydrogens is 480 g/mol. The van der Waals surface area contributed by atoms with Crippen molar-refractivity contribution in [2.45, 2.75) is 71.0 Å². The van der Waals surface area contributed by atoms with Crippen LogP contribution in [-0.2, 0) is 22.7 Å². The highest BCUT2D eigenvalue weighted by Gasteiger charge is 2.55. The van der Waals surface area contributed by atoms with Gasteiger partial charge >= 0.3 is 18.2 Å². The molecule has 0 unspecified atom stereocenters. The van der Waals surface area contributed by atoms with Gasteiger partial charge in [-0.15, -0.1) is 0 Å². The van der Waals surface area contributed by atoms with Gasteiger partial charge in [0.25, 0.3) is 0 Å². The fraction of sp³-hybridized carbons (Fsp3) is 0.520. The van der Waals surface area contributed by atoms with Crippen molar-refractivity contribution >= 4 is 18.2 Å². The molecule has 0 radical (unpaired) electrons. The van der Waals surface area contributed by atoms with E-state index in [0.29, 0.717) is 18.8 Å². The van der Waals surface area contributed by atoms with E-state index >= 15 is 0 Å². The zero-order chi connectivity index (χ0) is 27.0. The van der Waals surface area contributed by atoms with E-state index in [9.17, 15) is 19.5 Å². The Labute approximate surface area is 215 Å². The van der Waals surface area contributed by atoms with E-state index < -0.39 is 35.4 Å². The second kappa shape index (κ2) is 9.92. The summed E-state index contributed by atoms with van der Waals surface area (Å²) in [5, 5.41) is 20.7. The first-order valence-electron chi connectivity index (χ1n) is 12.2. The number of hydroxylamine groups is 2. The van der Waals surface area contributed by atoms with E-state index in [1.807, 2.05) is 30.3 Å². The molecule has 2 bridgehead atoms. The Hall–Kier alpha value is -3.80. The normalized spacial score (nSPS) is 19.0. The first-order chi connectivity index (χ1) is 17.4. The molecular formula is C25H34N6O6. The van der Waals surface area contributed by atoms with E-state index in [1.165, 1.54) is 5.06 Å². The predicted octanol–water partition coefficient (Wildman–Crippen LogP) is 3.42. The Morgan fingerprint density at radius 2 is 1.86 bits per heavy atom. The van der Waals surface area contributed by atoms with Gasteiger partial charge in [0.1, 0.15) is 18.2 Å². The lowest BCUT2D eigenvalue weighted by atomic mass is 9.85. The van der Waals surface area contributed by atoms with Crippen LogP contribution in [0, 0.1) is 0 Å². The van der Waals surface area contributed by atoms with Gasteiger partial charge in [-0.1, -0.05) is 30.3 Å². The fourth-order valence-corrected chi connectivity index (χ4v) is 4.85. The van der Waals surface area contributed by atoms with Crippen LogP contribution in [0.2, 0.25) is 0 Å². The van der Waals surface area contributed by atoms with Gasteiger partial charge in [-0.05, 0) is 40.2 Å². The van der Waals surface area contributed by atoms with E-state index in [0.717, 1.165) is 11.1 Å². The van der Waals surface area contributed by atoms with Crippen LogP contribution < -0.4 is 10.6 Å². The number of hydrogen-bond acceptors (Lipinski definition) is 6. The average molecular weight is 515 g/mol. The van der Waals surface area contributed by atoms with Crippen LogP contribution in [0.25, 0.3) is 0 Å². The molecule has 1 aromatic carbocycles. The van der Waals surface area contributed by atoms with Crippen molar-refractivity contribution in [3.05, 3.63) is 53.3 Å². The Bertz CT molecular complexity index is 1160. The summed E-state index contributed by atoms with van der Waals surface area (Å²) in [6.45, 7) is 9.88. The van der Waals surface area contributed by atoms with Gasteiger partial charge in [-0.2, -0.15) is 10.2 Å². The van der Waals surface area contributed by atoms with Crippen LogP contribution in [0.3, 0.4) is 0 Å². The van der Waals surface area contributed by atoms with E-state index in [1.54, 1.807) is 50.4 Å². The van der Waals surface area contributed by atoms with Crippen LogP contribution in [0.15, 0.2) is 36.5 Å². The van der Waals surface area contributed by atoms with Gasteiger partial charge in [0.15, 0.2) is 0 Å². The molecule has 0 spiro atoms. The summed E-state index contributed by atoms with van der Waals surface area (Å²) in [5.41, 5.74) is 0.716. The molecule has 1 fully saturated rings. The molecule has 1 aromatic heterocycles. The zero-order valence-electron chi connectivity index (χ0n) is 21.7. The number of carbonyl (C=O) groups is 3. The second-order valence-corrected chi connectivity index (χ2v) is 10.7. The van der Waals surface area contributed by atoms with Crippen LogP contribution in [-0.4, -0.2) is 67.3 Å². The highest BCUT2D eigenvalue weighted by molar-refractivity contribution is 5.79. The number of hydrogen-bond donors (Lipinski definition) is 3. The summed E-state index contributed by atoms with van der Waals surface area (Å²) in [5.74, 6) is 0. The molecule has 12 nitrogen and oxygen atoms in total. The molecule has 4 amide bonds. The third kappa shape index (κ3) is 5.63. The molecule has 200 valence electrons. The van der Waals surface area contributed by atoms with Crippen molar-refractivity contribution in [3.8, 4) is 0 Å². The SMILES string of the molecule is CC(C)(C)OC(=O)NCCn1ncc2c1[C@@H](C(C)(C)NC(=O)O)N1C[C@H]2N(OCc2ccccc2)C1=O. The number of fused-ring (bicyclic) bond motifs is 4. The largest absolute Gasteiger partial charge is 0.465 e. The molecule has 4 rings (SSSR count). The van der Waals surface area contributed by atoms with E-state index in [4.69, 9.17) is 9.57 Å². The maximum Gasteiger partial charge on any atom is 0.407 e. The molecule has 2 aliphatic rings. The number of amides is 4. The standard InChI is InChI=1S/C25H34N6O6/c1-24(2,3)37-22(34)26-11-12-30-19-17(13-27-30)18-14-29(20(19)25(4,5)28-21(32)33)23(35)31(18)36-15-16-9-7-6-8-10-16/h6-10,13,18,20,28H,11-12,14-15H2,1-5H3,(H,26,34)(H,32,33)/t18-,20+/m1/s1. The second-order valence-electron chi connectivity index (χ2n) is 10.7. The molecule has 2 aromatic rings. The maximum absolute atomic E-state index is 13.5. The number of carboxylic acid groups (broad SMARTS) is 1. The molecule has 3 N–H and O–H groups in total. The number of rotatable bonds is 8. The third-order valence-electron chi connectivity index (χ3n) is 6.24. The lowest BCUT2D eigenvalue weighted by Gasteiger charge is -2.41. The number of carbonyl (C=O) groups excluding carboxylic acids is 2. The summed E-state index contributed by atoms with van der Waals surface area (Å²) in [6.07, 6.45) is -0.0563. The summed E-state index contributed by atoms with van der Waals surface area (Å²) in [4.78, 5) is 44.8. The summed E-state index contributed by atoms with van der Waals surface area (Å²) in [7, 11) is 0. The maximum atomic E-state index is 13.5. The molecule has 0 aliphatic carbocycles. The number of benzene rings is 1. The minimum atomic E-state index is -1.20. The highest BCUT2D eigenvalue weighted by atomic mass is 16.7. The van der Waals surface area contributed by atoms with Gasteiger partial charge < -0.3 is 25.4 Å². The van der Waals surface area contributed by atoms with Crippen LogP contribution in [0.1, 0.15) is 63.5 Å². The smallest absolute Gasteiger partial charge is 0.407 e. The Morgan fingerprint density at radius 3 is 2.51 bits per heavy atom. The van der Waals surface area contributed by atoms with E-state index in [2.05, 4.69) is 15.7 Å².